The molecule has 0 fully saturated rings. The second kappa shape index (κ2) is 7.37. The number of fused-ring (bicyclic) bond motifs is 4. The van der Waals surface area contributed by atoms with E-state index < -0.39 is 12.0 Å². The lowest BCUT2D eigenvalue weighted by molar-refractivity contribution is 0.0990. The van der Waals surface area contributed by atoms with Crippen LogP contribution in [0.25, 0.3) is 32.6 Å². The van der Waals surface area contributed by atoms with Crippen molar-refractivity contribution in [2.45, 2.75) is 19.2 Å². The highest BCUT2D eigenvalue weighted by molar-refractivity contribution is 6.08. The molecule has 0 bridgehead atoms. The van der Waals surface area contributed by atoms with E-state index in [2.05, 4.69) is 17.2 Å². The van der Waals surface area contributed by atoms with Crippen molar-refractivity contribution < 1.29 is 9.90 Å². The van der Waals surface area contributed by atoms with E-state index in [1.54, 1.807) is 24.3 Å². The molecule has 0 aliphatic rings. The van der Waals surface area contributed by atoms with Crippen LogP contribution in [0.3, 0.4) is 0 Å². The van der Waals surface area contributed by atoms with Crippen LogP contribution >= 0.6 is 0 Å². The summed E-state index contributed by atoms with van der Waals surface area (Å²) in [4.78, 5) is 24.8. The van der Waals surface area contributed by atoms with Crippen molar-refractivity contribution in [3.8, 4) is 0 Å². The first-order chi connectivity index (χ1) is 15.0. The largest absolute Gasteiger partial charge is 0.389 e. The summed E-state index contributed by atoms with van der Waals surface area (Å²) in [5.41, 5.74) is 7.12. The van der Waals surface area contributed by atoms with Gasteiger partial charge < -0.3 is 15.4 Å². The minimum absolute atomic E-state index is 0.0132. The van der Waals surface area contributed by atoms with E-state index in [0.29, 0.717) is 10.8 Å². The molecule has 7 nitrogen and oxygen atoms in total. The van der Waals surface area contributed by atoms with Gasteiger partial charge in [-0.15, -0.1) is 0 Å². The van der Waals surface area contributed by atoms with Crippen LogP contribution in [-0.2, 0) is 13.1 Å². The van der Waals surface area contributed by atoms with Crippen molar-refractivity contribution in [1.29, 1.82) is 0 Å². The fraction of sp³-hybridized carbons (Fsp3) is 0.125. The van der Waals surface area contributed by atoms with Crippen LogP contribution in [0.2, 0.25) is 0 Å². The number of nitrogens with two attached hydrogens (primary N) is 1. The van der Waals surface area contributed by atoms with Crippen LogP contribution in [-0.4, -0.2) is 31.5 Å². The van der Waals surface area contributed by atoms with Gasteiger partial charge >= 0.3 is 0 Å². The van der Waals surface area contributed by atoms with Gasteiger partial charge in [0, 0.05) is 27.2 Å². The van der Waals surface area contributed by atoms with Gasteiger partial charge in [0.2, 0.25) is 0 Å². The van der Waals surface area contributed by atoms with Crippen LogP contribution in [0, 0.1) is 0 Å². The van der Waals surface area contributed by atoms with Crippen molar-refractivity contribution in [3.05, 3.63) is 88.8 Å². The summed E-state index contributed by atoms with van der Waals surface area (Å²) in [5.74, 6) is -0.721. The Hall–Kier alpha value is -3.97. The van der Waals surface area contributed by atoms with Crippen molar-refractivity contribution in [2.24, 2.45) is 5.73 Å². The molecule has 31 heavy (non-hydrogen) atoms. The summed E-state index contributed by atoms with van der Waals surface area (Å²) in [6.45, 7) is 0.200. The summed E-state index contributed by atoms with van der Waals surface area (Å²) in [6.07, 6.45) is -0.911. The van der Waals surface area contributed by atoms with Crippen molar-refractivity contribution in [3.63, 3.8) is 0 Å². The Morgan fingerprint density at radius 1 is 0.839 bits per heavy atom. The number of benzene rings is 3. The third kappa shape index (κ3) is 3.15. The van der Waals surface area contributed by atoms with Crippen LogP contribution in [0.1, 0.15) is 10.5 Å². The second-order valence-corrected chi connectivity index (χ2v) is 7.54. The topological polar surface area (TPSA) is 103 Å². The van der Waals surface area contributed by atoms with Gasteiger partial charge in [0.05, 0.1) is 24.6 Å². The molecular formula is C24H20N4O3. The normalized spacial score (nSPS) is 12.5. The molecule has 154 valence electrons. The summed E-state index contributed by atoms with van der Waals surface area (Å²) < 4.78 is 3.16. The zero-order valence-corrected chi connectivity index (χ0v) is 16.6. The predicted octanol–water partition coefficient (Wildman–Crippen LogP) is 2.66. The molecule has 0 radical (unpaired) electrons. The molecule has 7 heteroatoms. The monoisotopic (exact) mass is 412 g/mol. The molecule has 5 aromatic rings. The zero-order chi connectivity index (χ0) is 21.5. The molecule has 1 amide bonds. The fourth-order valence-corrected chi connectivity index (χ4v) is 4.21. The Morgan fingerprint density at radius 3 is 1.94 bits per heavy atom. The van der Waals surface area contributed by atoms with Crippen molar-refractivity contribution in [2.75, 3.05) is 0 Å². The number of primary amides is 1. The van der Waals surface area contributed by atoms with Gasteiger partial charge in [0.1, 0.15) is 0 Å². The number of aliphatic hydroxyl groups is 1. The number of carbonyl (C=O) groups is 1. The number of hydrogen-bond donors (Lipinski definition) is 2. The minimum Gasteiger partial charge on any atom is -0.389 e. The predicted molar refractivity (Wildman–Crippen MR) is 120 cm³/mol. The summed E-state index contributed by atoms with van der Waals surface area (Å²) in [5, 5.41) is 18.0. The van der Waals surface area contributed by atoms with E-state index in [4.69, 9.17) is 5.73 Å². The number of amides is 1. The summed E-state index contributed by atoms with van der Waals surface area (Å²) >= 11 is 0. The molecule has 3 aromatic carbocycles. The molecule has 2 heterocycles. The highest BCUT2D eigenvalue weighted by Crippen LogP contribution is 2.29. The van der Waals surface area contributed by atoms with Crippen LogP contribution in [0.5, 0.6) is 0 Å². The number of rotatable bonds is 5. The Kier molecular flexibility index (Phi) is 4.52. The Bertz CT molecular complexity index is 1460. The van der Waals surface area contributed by atoms with Crippen molar-refractivity contribution in [1.82, 2.24) is 14.3 Å². The first-order valence-corrected chi connectivity index (χ1v) is 9.98. The van der Waals surface area contributed by atoms with E-state index >= 15 is 0 Å². The lowest BCUT2D eigenvalue weighted by Crippen LogP contribution is -2.33. The molecule has 5 rings (SSSR count). The standard InChI is InChI=1S/C24H20N4O3/c25-23(30)22-18-9-1-2-10-19(18)24(31)28(26-22)14-15(29)13-27-20-11-5-3-7-16(20)17-8-4-6-12-21(17)27/h1-12,15,29H,13-14H2,(H2,25,30). The maximum Gasteiger partial charge on any atom is 0.274 e. The molecular weight excluding hydrogens is 392 g/mol. The average molecular weight is 412 g/mol. The third-order valence-electron chi connectivity index (χ3n) is 5.56. The SMILES string of the molecule is NC(=O)c1nn(CC(O)Cn2c3ccccc3c3ccccc32)c(=O)c2ccccc12. The van der Waals surface area contributed by atoms with Crippen LogP contribution < -0.4 is 11.3 Å². The van der Waals surface area contributed by atoms with Gasteiger partial charge in [-0.1, -0.05) is 54.6 Å². The molecule has 2 aromatic heterocycles. The van der Waals surface area contributed by atoms with Gasteiger partial charge in [0.25, 0.3) is 11.5 Å². The van der Waals surface area contributed by atoms with E-state index in [1.807, 2.05) is 41.0 Å². The molecule has 1 atom stereocenters. The fourth-order valence-electron chi connectivity index (χ4n) is 4.21. The maximum atomic E-state index is 12.9. The van der Waals surface area contributed by atoms with Gasteiger partial charge in [-0.3, -0.25) is 9.59 Å². The van der Waals surface area contributed by atoms with Gasteiger partial charge in [-0.2, -0.15) is 5.10 Å². The Balaban J connectivity index is 1.55. The average Bonchev–Trinajstić information content (AvgIpc) is 3.09. The first-order valence-electron chi connectivity index (χ1n) is 9.98. The molecule has 0 spiro atoms. The van der Waals surface area contributed by atoms with E-state index in [-0.39, 0.29) is 24.3 Å². The van der Waals surface area contributed by atoms with E-state index in [0.717, 1.165) is 26.5 Å². The summed E-state index contributed by atoms with van der Waals surface area (Å²) in [6, 6.07) is 22.7. The zero-order valence-electron chi connectivity index (χ0n) is 16.6. The smallest absolute Gasteiger partial charge is 0.274 e. The second-order valence-electron chi connectivity index (χ2n) is 7.54. The number of aromatic nitrogens is 3. The van der Waals surface area contributed by atoms with Gasteiger partial charge in [-0.25, -0.2) is 4.68 Å². The Labute approximate surface area is 176 Å². The third-order valence-corrected chi connectivity index (χ3v) is 5.56. The minimum atomic E-state index is -0.911. The van der Waals surface area contributed by atoms with Gasteiger partial charge in [0.15, 0.2) is 5.69 Å². The number of carbonyl (C=O) groups excluding carboxylic acids is 1. The van der Waals surface area contributed by atoms with Crippen LogP contribution in [0.4, 0.5) is 0 Å². The number of nitrogens with zero attached hydrogens (tertiary/aromatic N) is 3. The molecule has 0 aliphatic heterocycles. The van der Waals surface area contributed by atoms with Gasteiger partial charge in [-0.05, 0) is 18.2 Å². The quantitative estimate of drug-likeness (QED) is 0.463. The number of para-hydroxylation sites is 2. The highest BCUT2D eigenvalue weighted by atomic mass is 16.3. The molecule has 0 saturated carbocycles. The highest BCUT2D eigenvalue weighted by Gasteiger charge is 2.18. The molecule has 0 aliphatic carbocycles. The molecule has 0 saturated heterocycles. The van der Waals surface area contributed by atoms with Crippen LogP contribution in [0.15, 0.2) is 77.6 Å². The van der Waals surface area contributed by atoms with Crippen molar-refractivity contribution >= 4 is 38.5 Å². The maximum absolute atomic E-state index is 12.9. The molecule has 3 N–H and O–H groups in total. The lowest BCUT2D eigenvalue weighted by atomic mass is 10.1. The number of hydrogen-bond acceptors (Lipinski definition) is 4. The first kappa shape index (κ1) is 19.0. The van der Waals surface area contributed by atoms with E-state index in [9.17, 15) is 14.7 Å². The Morgan fingerprint density at radius 2 is 1.35 bits per heavy atom. The summed E-state index contributed by atoms with van der Waals surface area (Å²) in [7, 11) is 0. The molecule has 1 unspecified atom stereocenters. The number of aliphatic hydroxyl groups excluding tert-OH is 1. The van der Waals surface area contributed by atoms with E-state index in [1.165, 1.54) is 0 Å². The lowest BCUT2D eigenvalue weighted by Gasteiger charge is -2.16.